The summed E-state index contributed by atoms with van der Waals surface area (Å²) in [6.45, 7) is 4.47. The topological polar surface area (TPSA) is 83.4 Å². The number of pyridine rings is 1. The second kappa shape index (κ2) is 8.31. The first-order chi connectivity index (χ1) is 12.2. The largest absolute Gasteiger partial charge is 0.477 e. The number of anilines is 2. The zero-order valence-electron chi connectivity index (χ0n) is 14.2. The molecule has 2 aromatic heterocycles. The molecule has 2 aromatic rings. The van der Waals surface area contributed by atoms with Crippen LogP contribution < -0.4 is 15.0 Å². The SMILES string of the molecule is CCOc1nc(NCc2ccnc(N3CCCC(O)C3)c2)ncc1Cl. The van der Waals surface area contributed by atoms with Crippen molar-refractivity contribution in [1.82, 2.24) is 15.0 Å². The van der Waals surface area contributed by atoms with Gasteiger partial charge in [-0.25, -0.2) is 9.97 Å². The van der Waals surface area contributed by atoms with E-state index in [0.29, 0.717) is 36.5 Å². The summed E-state index contributed by atoms with van der Waals surface area (Å²) in [7, 11) is 0. The highest BCUT2D eigenvalue weighted by atomic mass is 35.5. The lowest BCUT2D eigenvalue weighted by Gasteiger charge is -2.31. The standard InChI is InChI=1S/C17H22ClN5O2/c1-2-25-16-14(18)10-21-17(22-16)20-9-12-5-6-19-15(8-12)23-7-3-4-13(24)11-23/h5-6,8,10,13,24H,2-4,7,9,11H2,1H3,(H,20,21,22). The lowest BCUT2D eigenvalue weighted by atomic mass is 10.1. The maximum absolute atomic E-state index is 9.83. The van der Waals surface area contributed by atoms with Gasteiger partial charge in [-0.05, 0) is 37.5 Å². The Morgan fingerprint density at radius 3 is 3.12 bits per heavy atom. The molecule has 2 N–H and O–H groups in total. The van der Waals surface area contributed by atoms with E-state index < -0.39 is 0 Å². The average molecular weight is 364 g/mol. The Kier molecular flexibility index (Phi) is 5.88. The molecule has 1 unspecified atom stereocenters. The number of halogens is 1. The number of nitrogens with one attached hydrogen (secondary N) is 1. The van der Waals surface area contributed by atoms with Gasteiger partial charge >= 0.3 is 0 Å². The third kappa shape index (κ3) is 4.70. The van der Waals surface area contributed by atoms with Gasteiger partial charge < -0.3 is 20.1 Å². The van der Waals surface area contributed by atoms with Crippen LogP contribution in [0.4, 0.5) is 11.8 Å². The predicted octanol–water partition coefficient (Wildman–Crippen LogP) is 2.50. The fourth-order valence-corrected chi connectivity index (χ4v) is 2.91. The van der Waals surface area contributed by atoms with Gasteiger partial charge in [-0.1, -0.05) is 11.6 Å². The van der Waals surface area contributed by atoms with Gasteiger partial charge in [0.25, 0.3) is 0 Å². The number of aliphatic hydroxyl groups excluding tert-OH is 1. The van der Waals surface area contributed by atoms with Crippen LogP contribution in [0.2, 0.25) is 5.02 Å². The van der Waals surface area contributed by atoms with Crippen LogP contribution >= 0.6 is 11.6 Å². The molecule has 0 radical (unpaired) electrons. The Hall–Kier alpha value is -2.12. The van der Waals surface area contributed by atoms with Gasteiger partial charge in [-0.15, -0.1) is 0 Å². The van der Waals surface area contributed by atoms with Gasteiger partial charge in [0.15, 0.2) is 0 Å². The summed E-state index contributed by atoms with van der Waals surface area (Å²) < 4.78 is 5.37. The number of rotatable bonds is 6. The number of piperidine rings is 1. The van der Waals surface area contributed by atoms with E-state index in [4.69, 9.17) is 16.3 Å². The van der Waals surface area contributed by atoms with Crippen LogP contribution in [0.5, 0.6) is 5.88 Å². The van der Waals surface area contributed by atoms with Crippen molar-refractivity contribution >= 4 is 23.4 Å². The summed E-state index contributed by atoms with van der Waals surface area (Å²) in [6.07, 6.45) is 4.85. The molecule has 134 valence electrons. The van der Waals surface area contributed by atoms with E-state index in [0.717, 1.165) is 30.8 Å². The molecule has 8 heteroatoms. The van der Waals surface area contributed by atoms with Crippen molar-refractivity contribution in [3.05, 3.63) is 35.1 Å². The molecule has 0 spiro atoms. The van der Waals surface area contributed by atoms with Crippen LogP contribution in [0.3, 0.4) is 0 Å². The van der Waals surface area contributed by atoms with Crippen molar-refractivity contribution in [2.45, 2.75) is 32.4 Å². The predicted molar refractivity (Wildman–Crippen MR) is 97.2 cm³/mol. The molecule has 1 aliphatic rings. The minimum atomic E-state index is -0.281. The van der Waals surface area contributed by atoms with Crippen LogP contribution in [0.25, 0.3) is 0 Å². The van der Waals surface area contributed by atoms with Crippen molar-refractivity contribution in [3.63, 3.8) is 0 Å². The molecule has 0 saturated carbocycles. The highest BCUT2D eigenvalue weighted by Crippen LogP contribution is 2.22. The minimum absolute atomic E-state index is 0.281. The number of nitrogens with zero attached hydrogens (tertiary/aromatic N) is 4. The van der Waals surface area contributed by atoms with E-state index in [1.54, 1.807) is 6.20 Å². The monoisotopic (exact) mass is 363 g/mol. The fraction of sp³-hybridized carbons (Fsp3) is 0.471. The van der Waals surface area contributed by atoms with Crippen LogP contribution in [0.15, 0.2) is 24.5 Å². The van der Waals surface area contributed by atoms with Crippen molar-refractivity contribution in [3.8, 4) is 5.88 Å². The zero-order chi connectivity index (χ0) is 17.6. The maximum atomic E-state index is 9.83. The van der Waals surface area contributed by atoms with Gasteiger partial charge in [0.2, 0.25) is 11.8 Å². The van der Waals surface area contributed by atoms with E-state index in [1.165, 1.54) is 6.20 Å². The average Bonchev–Trinajstić information content (AvgIpc) is 2.63. The molecule has 1 aliphatic heterocycles. The third-order valence-electron chi connectivity index (χ3n) is 3.97. The van der Waals surface area contributed by atoms with Crippen LogP contribution in [0.1, 0.15) is 25.3 Å². The molecule has 3 heterocycles. The lowest BCUT2D eigenvalue weighted by Crippen LogP contribution is -2.38. The molecule has 3 rings (SSSR count). The normalized spacial score (nSPS) is 17.4. The second-order valence-corrected chi connectivity index (χ2v) is 6.30. The molecule has 1 saturated heterocycles. The van der Waals surface area contributed by atoms with Crippen LogP contribution in [-0.4, -0.2) is 45.9 Å². The van der Waals surface area contributed by atoms with Gasteiger partial charge in [0.05, 0.1) is 18.9 Å². The molecule has 1 fully saturated rings. The van der Waals surface area contributed by atoms with Gasteiger partial charge in [-0.3, -0.25) is 0 Å². The molecule has 0 amide bonds. The zero-order valence-corrected chi connectivity index (χ0v) is 14.9. The molecule has 25 heavy (non-hydrogen) atoms. The van der Waals surface area contributed by atoms with Crippen molar-refractivity contribution in [1.29, 1.82) is 0 Å². The molecule has 7 nitrogen and oxygen atoms in total. The number of aromatic nitrogens is 3. The first-order valence-electron chi connectivity index (χ1n) is 8.43. The fourth-order valence-electron chi connectivity index (χ4n) is 2.76. The Balaban J connectivity index is 1.65. The number of hydrogen-bond donors (Lipinski definition) is 2. The maximum Gasteiger partial charge on any atom is 0.237 e. The quantitative estimate of drug-likeness (QED) is 0.815. The van der Waals surface area contributed by atoms with E-state index in [9.17, 15) is 5.11 Å². The molecular formula is C17H22ClN5O2. The first kappa shape index (κ1) is 17.7. The molecule has 0 aliphatic carbocycles. The van der Waals surface area contributed by atoms with Crippen molar-refractivity contribution in [2.75, 3.05) is 29.9 Å². The van der Waals surface area contributed by atoms with Crippen LogP contribution in [0, 0.1) is 0 Å². The first-order valence-corrected chi connectivity index (χ1v) is 8.80. The van der Waals surface area contributed by atoms with Crippen molar-refractivity contribution < 1.29 is 9.84 Å². The summed E-state index contributed by atoms with van der Waals surface area (Å²) in [5, 5.41) is 13.4. The number of ether oxygens (including phenoxy) is 1. The van der Waals surface area contributed by atoms with E-state index in [1.807, 2.05) is 19.1 Å². The lowest BCUT2D eigenvalue weighted by molar-refractivity contribution is 0.154. The molecular weight excluding hydrogens is 342 g/mol. The van der Waals surface area contributed by atoms with Gasteiger partial charge in [0.1, 0.15) is 10.8 Å². The Bertz CT molecular complexity index is 715. The summed E-state index contributed by atoms with van der Waals surface area (Å²) in [5.41, 5.74) is 1.06. The van der Waals surface area contributed by atoms with E-state index in [2.05, 4.69) is 25.2 Å². The third-order valence-corrected chi connectivity index (χ3v) is 4.23. The molecule has 0 aromatic carbocycles. The number of aliphatic hydroxyl groups is 1. The summed E-state index contributed by atoms with van der Waals surface area (Å²) in [4.78, 5) is 15.0. The highest BCUT2D eigenvalue weighted by molar-refractivity contribution is 6.31. The second-order valence-electron chi connectivity index (χ2n) is 5.90. The van der Waals surface area contributed by atoms with Crippen molar-refractivity contribution in [2.24, 2.45) is 0 Å². The van der Waals surface area contributed by atoms with E-state index in [-0.39, 0.29) is 6.10 Å². The Labute approximate surface area is 152 Å². The summed E-state index contributed by atoms with van der Waals surface area (Å²) >= 11 is 6.00. The molecule has 0 bridgehead atoms. The number of hydrogen-bond acceptors (Lipinski definition) is 7. The summed E-state index contributed by atoms with van der Waals surface area (Å²) in [6, 6.07) is 3.96. The van der Waals surface area contributed by atoms with Gasteiger partial charge in [-0.2, -0.15) is 4.98 Å². The van der Waals surface area contributed by atoms with E-state index >= 15 is 0 Å². The molecule has 1 atom stereocenters. The highest BCUT2D eigenvalue weighted by Gasteiger charge is 2.18. The van der Waals surface area contributed by atoms with Gasteiger partial charge in [0, 0.05) is 25.8 Å². The minimum Gasteiger partial charge on any atom is -0.477 e. The summed E-state index contributed by atoms with van der Waals surface area (Å²) in [5.74, 6) is 1.71. The smallest absolute Gasteiger partial charge is 0.237 e. The Morgan fingerprint density at radius 1 is 1.44 bits per heavy atom. The number of β-amino-alcohol motifs (C(OH)–C–C–N with tert-alkyl or cyclic N) is 1. The van der Waals surface area contributed by atoms with Crippen LogP contribution in [-0.2, 0) is 6.54 Å². The Morgan fingerprint density at radius 2 is 2.32 bits per heavy atom.